The number of anilines is 2. The van der Waals surface area contributed by atoms with Crippen LogP contribution in [0.5, 0.6) is 5.75 Å². The van der Waals surface area contributed by atoms with Gasteiger partial charge in [0.15, 0.2) is 5.03 Å². The monoisotopic (exact) mass is 444 g/mol. The summed E-state index contributed by atoms with van der Waals surface area (Å²) < 4.78 is 38.0. The number of sulfonamides is 1. The number of carbonyl (C=O) groups is 2. The maximum atomic E-state index is 12.9. The zero-order valence-corrected chi connectivity index (χ0v) is 17.5. The number of nitrogens with zero attached hydrogens (tertiary/aromatic N) is 1. The summed E-state index contributed by atoms with van der Waals surface area (Å²) >= 11 is 0. The molecule has 11 heteroatoms. The van der Waals surface area contributed by atoms with E-state index in [0.717, 1.165) is 6.20 Å². The molecule has 31 heavy (non-hydrogen) atoms. The third kappa shape index (κ3) is 5.01. The molecule has 0 atom stereocenters. The maximum Gasteiger partial charge on any atom is 0.342 e. The van der Waals surface area contributed by atoms with Crippen LogP contribution in [0.25, 0.3) is 0 Å². The molecule has 0 radical (unpaired) electrons. The average Bonchev–Trinajstić information content (AvgIpc) is 3.26. The Balaban J connectivity index is 1.85. The van der Waals surface area contributed by atoms with Crippen LogP contribution in [-0.4, -0.2) is 44.2 Å². The van der Waals surface area contributed by atoms with E-state index in [-0.39, 0.29) is 23.4 Å². The summed E-state index contributed by atoms with van der Waals surface area (Å²) in [6.07, 6.45) is 1.06. The lowest BCUT2D eigenvalue weighted by Gasteiger charge is -2.13. The summed E-state index contributed by atoms with van der Waals surface area (Å²) in [5.74, 6) is -0.732. The lowest BCUT2D eigenvalue weighted by molar-refractivity contribution is 0.0521. The first kappa shape index (κ1) is 21.8. The summed E-state index contributed by atoms with van der Waals surface area (Å²) in [5, 5.41) is 8.15. The van der Waals surface area contributed by atoms with Crippen LogP contribution in [-0.2, 0) is 14.8 Å². The van der Waals surface area contributed by atoms with Crippen molar-refractivity contribution >= 4 is 33.3 Å². The van der Waals surface area contributed by atoms with E-state index in [0.29, 0.717) is 11.4 Å². The number of aromatic nitrogens is 2. The van der Waals surface area contributed by atoms with Crippen molar-refractivity contribution in [1.29, 1.82) is 0 Å². The van der Waals surface area contributed by atoms with Gasteiger partial charge < -0.3 is 14.8 Å². The highest BCUT2D eigenvalue weighted by Crippen LogP contribution is 2.23. The molecule has 10 nitrogen and oxygen atoms in total. The predicted molar refractivity (Wildman–Crippen MR) is 113 cm³/mol. The smallest absolute Gasteiger partial charge is 0.342 e. The van der Waals surface area contributed by atoms with Crippen LogP contribution >= 0.6 is 0 Å². The number of ether oxygens (including phenoxy) is 2. The van der Waals surface area contributed by atoms with Gasteiger partial charge in [-0.1, -0.05) is 12.1 Å². The number of amides is 1. The Hall–Kier alpha value is -3.86. The number of esters is 1. The van der Waals surface area contributed by atoms with E-state index in [1.54, 1.807) is 43.3 Å². The van der Waals surface area contributed by atoms with Crippen molar-refractivity contribution < 1.29 is 27.5 Å². The van der Waals surface area contributed by atoms with Gasteiger partial charge in [0, 0.05) is 5.69 Å². The van der Waals surface area contributed by atoms with Crippen molar-refractivity contribution in [3.63, 3.8) is 0 Å². The minimum absolute atomic E-state index is 0.0259. The van der Waals surface area contributed by atoms with Gasteiger partial charge >= 0.3 is 5.97 Å². The molecule has 0 saturated heterocycles. The Bertz CT molecular complexity index is 1190. The number of rotatable bonds is 8. The van der Waals surface area contributed by atoms with Gasteiger partial charge in [-0.3, -0.25) is 14.6 Å². The van der Waals surface area contributed by atoms with Gasteiger partial charge in [0.2, 0.25) is 0 Å². The van der Waals surface area contributed by atoms with Crippen molar-refractivity contribution in [2.75, 3.05) is 23.8 Å². The second kappa shape index (κ2) is 9.30. The van der Waals surface area contributed by atoms with E-state index in [1.165, 1.54) is 19.2 Å². The second-order valence-electron chi connectivity index (χ2n) is 6.17. The van der Waals surface area contributed by atoms with Gasteiger partial charge in [0.25, 0.3) is 15.9 Å². The van der Waals surface area contributed by atoms with Crippen molar-refractivity contribution in [3.05, 3.63) is 65.9 Å². The van der Waals surface area contributed by atoms with E-state index < -0.39 is 26.9 Å². The molecule has 0 aliphatic heterocycles. The number of nitrogens with one attached hydrogen (secondary N) is 3. The number of para-hydroxylation sites is 1. The van der Waals surface area contributed by atoms with Crippen molar-refractivity contribution in [3.8, 4) is 5.75 Å². The van der Waals surface area contributed by atoms with E-state index in [4.69, 9.17) is 9.47 Å². The quantitative estimate of drug-likeness (QED) is 0.454. The number of methoxy groups -OCH3 is 1. The molecule has 1 amide bonds. The van der Waals surface area contributed by atoms with Gasteiger partial charge in [0.1, 0.15) is 11.3 Å². The van der Waals surface area contributed by atoms with Gasteiger partial charge in [-0.25, -0.2) is 4.79 Å². The van der Waals surface area contributed by atoms with Crippen LogP contribution in [0, 0.1) is 0 Å². The molecule has 1 heterocycles. The molecule has 2 aromatic carbocycles. The van der Waals surface area contributed by atoms with E-state index in [9.17, 15) is 18.0 Å². The van der Waals surface area contributed by atoms with Crippen LogP contribution in [0.15, 0.2) is 59.8 Å². The zero-order valence-electron chi connectivity index (χ0n) is 16.7. The number of carbonyl (C=O) groups excluding carboxylic acids is 2. The van der Waals surface area contributed by atoms with Gasteiger partial charge in [-0.15, -0.1) is 0 Å². The summed E-state index contributed by atoms with van der Waals surface area (Å²) in [6.45, 7) is 1.67. The van der Waals surface area contributed by atoms with E-state index in [2.05, 4.69) is 20.2 Å². The molecule has 1 aromatic heterocycles. The molecule has 0 unspecified atom stereocenters. The topological polar surface area (TPSA) is 139 Å². The largest absolute Gasteiger partial charge is 0.497 e. The first-order valence-corrected chi connectivity index (χ1v) is 10.6. The number of aromatic amines is 1. The molecule has 0 aliphatic carbocycles. The van der Waals surface area contributed by atoms with Gasteiger partial charge in [0.05, 0.1) is 31.2 Å². The van der Waals surface area contributed by atoms with Crippen LogP contribution in [0.4, 0.5) is 11.4 Å². The molecular weight excluding hydrogens is 424 g/mol. The summed E-state index contributed by atoms with van der Waals surface area (Å²) in [6, 6.07) is 12.7. The van der Waals surface area contributed by atoms with Crippen LogP contribution in [0.1, 0.15) is 27.6 Å². The number of hydrogen-bond donors (Lipinski definition) is 3. The molecule has 0 saturated carbocycles. The Labute approximate surface area is 178 Å². The minimum atomic E-state index is -4.27. The Kier molecular flexibility index (Phi) is 6.55. The third-order valence-electron chi connectivity index (χ3n) is 4.13. The SMILES string of the molecule is CCOC(=O)c1cn[nH]c1S(=O)(=O)Nc1ccccc1C(=O)Nc1ccc(OC)cc1. The molecular formula is C20H20N4O6S. The summed E-state index contributed by atoms with van der Waals surface area (Å²) in [5.41, 5.74) is 0.369. The molecule has 3 N–H and O–H groups in total. The predicted octanol–water partition coefficient (Wildman–Crippen LogP) is 2.65. The standard InChI is InChI=1S/C20H20N4O6S/c1-3-30-20(26)16-12-21-23-19(16)31(27,28)24-17-7-5-4-6-15(17)18(25)22-13-8-10-14(29-2)11-9-13/h4-12,24H,3H2,1-2H3,(H,21,23)(H,22,25). The van der Waals surface area contributed by atoms with Crippen molar-refractivity contribution in [2.24, 2.45) is 0 Å². The highest BCUT2D eigenvalue weighted by atomic mass is 32.2. The average molecular weight is 444 g/mol. The van der Waals surface area contributed by atoms with E-state index >= 15 is 0 Å². The van der Waals surface area contributed by atoms with Crippen LogP contribution in [0.3, 0.4) is 0 Å². The Morgan fingerprint density at radius 2 is 1.77 bits per heavy atom. The first-order chi connectivity index (χ1) is 14.9. The molecule has 0 aliphatic rings. The lowest BCUT2D eigenvalue weighted by Crippen LogP contribution is -2.20. The summed E-state index contributed by atoms with van der Waals surface area (Å²) in [7, 11) is -2.74. The fourth-order valence-electron chi connectivity index (χ4n) is 2.67. The highest BCUT2D eigenvalue weighted by Gasteiger charge is 2.27. The van der Waals surface area contributed by atoms with Gasteiger partial charge in [-0.2, -0.15) is 13.5 Å². The first-order valence-electron chi connectivity index (χ1n) is 9.13. The van der Waals surface area contributed by atoms with E-state index in [1.807, 2.05) is 0 Å². The normalized spacial score (nSPS) is 10.9. The fourth-order valence-corrected chi connectivity index (χ4v) is 3.84. The maximum absolute atomic E-state index is 12.9. The van der Waals surface area contributed by atoms with Crippen LogP contribution in [0.2, 0.25) is 0 Å². The fraction of sp³-hybridized carbons (Fsp3) is 0.150. The molecule has 0 fully saturated rings. The van der Waals surface area contributed by atoms with Crippen molar-refractivity contribution in [1.82, 2.24) is 10.2 Å². The molecule has 3 rings (SSSR count). The zero-order chi connectivity index (χ0) is 22.4. The number of benzene rings is 2. The Morgan fingerprint density at radius 1 is 1.06 bits per heavy atom. The molecule has 162 valence electrons. The number of H-pyrrole nitrogens is 1. The lowest BCUT2D eigenvalue weighted by atomic mass is 10.1. The molecule has 0 bridgehead atoms. The highest BCUT2D eigenvalue weighted by molar-refractivity contribution is 7.92. The van der Waals surface area contributed by atoms with Gasteiger partial charge in [-0.05, 0) is 43.3 Å². The third-order valence-corrected chi connectivity index (χ3v) is 5.47. The summed E-state index contributed by atoms with van der Waals surface area (Å²) in [4.78, 5) is 24.8. The van der Waals surface area contributed by atoms with Crippen LogP contribution < -0.4 is 14.8 Å². The number of hydrogen-bond acceptors (Lipinski definition) is 7. The second-order valence-corrected chi connectivity index (χ2v) is 7.79. The Morgan fingerprint density at radius 3 is 2.45 bits per heavy atom. The van der Waals surface area contributed by atoms with Crippen molar-refractivity contribution in [2.45, 2.75) is 11.9 Å². The molecule has 3 aromatic rings. The minimum Gasteiger partial charge on any atom is -0.497 e. The molecule has 0 spiro atoms.